The Bertz CT molecular complexity index is 1090. The van der Waals surface area contributed by atoms with Crippen LogP contribution >= 0.6 is 0 Å². The molecule has 0 amide bonds. The monoisotopic (exact) mass is 446 g/mol. The Morgan fingerprint density at radius 3 is 2.61 bits per heavy atom. The summed E-state index contributed by atoms with van der Waals surface area (Å²) in [7, 11) is 0. The van der Waals surface area contributed by atoms with Gasteiger partial charge in [-0.05, 0) is 62.4 Å². The summed E-state index contributed by atoms with van der Waals surface area (Å²) < 4.78 is 13.6. The van der Waals surface area contributed by atoms with Crippen molar-refractivity contribution in [1.29, 1.82) is 0 Å². The zero-order chi connectivity index (χ0) is 22.4. The van der Waals surface area contributed by atoms with E-state index in [0.29, 0.717) is 23.8 Å². The van der Waals surface area contributed by atoms with Gasteiger partial charge in [-0.3, -0.25) is 4.90 Å². The molecule has 3 fully saturated rings. The number of halogens is 1. The summed E-state index contributed by atoms with van der Waals surface area (Å²) in [6, 6.07) is 9.32. The highest BCUT2D eigenvalue weighted by Gasteiger charge is 2.44. The lowest BCUT2D eigenvalue weighted by atomic mass is 9.89. The fourth-order valence-corrected chi connectivity index (χ4v) is 6.19. The first-order valence-electron chi connectivity index (χ1n) is 12.3. The van der Waals surface area contributed by atoms with Crippen molar-refractivity contribution in [2.75, 3.05) is 31.1 Å². The maximum absolute atomic E-state index is 13.6. The van der Waals surface area contributed by atoms with Crippen LogP contribution in [0.4, 0.5) is 10.2 Å². The number of nitrogens with one attached hydrogen (secondary N) is 1. The summed E-state index contributed by atoms with van der Waals surface area (Å²) in [5, 5.41) is 0. The minimum atomic E-state index is -0.223. The lowest BCUT2D eigenvalue weighted by Crippen LogP contribution is -2.34. The second-order valence-electron chi connectivity index (χ2n) is 9.92. The maximum Gasteiger partial charge on any atom is 0.136 e. The Hall–Kier alpha value is -2.80. The van der Waals surface area contributed by atoms with Crippen molar-refractivity contribution in [1.82, 2.24) is 24.8 Å². The van der Waals surface area contributed by atoms with Gasteiger partial charge in [-0.15, -0.1) is 0 Å². The number of H-pyrrole nitrogens is 1. The van der Waals surface area contributed by atoms with Gasteiger partial charge in [-0.2, -0.15) is 0 Å². The van der Waals surface area contributed by atoms with Gasteiger partial charge in [0.15, 0.2) is 0 Å². The van der Waals surface area contributed by atoms with Crippen molar-refractivity contribution in [2.24, 2.45) is 5.92 Å². The quantitative estimate of drug-likeness (QED) is 0.635. The molecular weight excluding hydrogens is 415 g/mol. The van der Waals surface area contributed by atoms with Crippen molar-refractivity contribution in [3.05, 3.63) is 60.2 Å². The Kier molecular flexibility index (Phi) is 5.37. The van der Waals surface area contributed by atoms with E-state index < -0.39 is 0 Å². The lowest BCUT2D eigenvalue weighted by Gasteiger charge is -2.33. The number of piperidine rings is 1. The second-order valence-corrected chi connectivity index (χ2v) is 9.92. The number of rotatable bonds is 4. The van der Waals surface area contributed by atoms with Crippen molar-refractivity contribution >= 4 is 5.82 Å². The van der Waals surface area contributed by atoms with Crippen LogP contribution in [0.2, 0.25) is 0 Å². The van der Waals surface area contributed by atoms with E-state index in [1.807, 2.05) is 24.5 Å². The van der Waals surface area contributed by atoms with Crippen LogP contribution in [0.1, 0.15) is 56.1 Å². The van der Waals surface area contributed by atoms with Crippen LogP contribution in [-0.4, -0.2) is 57.1 Å². The molecule has 3 saturated heterocycles. The zero-order valence-electron chi connectivity index (χ0n) is 19.1. The molecule has 2 aromatic heterocycles. The minimum absolute atomic E-state index is 0.223. The molecule has 1 aromatic carbocycles. The summed E-state index contributed by atoms with van der Waals surface area (Å²) in [5.74, 6) is 4.19. The Balaban J connectivity index is 1.34. The molecule has 3 aromatic rings. The van der Waals surface area contributed by atoms with Crippen LogP contribution in [0, 0.1) is 11.7 Å². The van der Waals surface area contributed by atoms with Gasteiger partial charge in [0.2, 0.25) is 0 Å². The van der Waals surface area contributed by atoms with E-state index in [1.54, 1.807) is 0 Å². The molecule has 6 nitrogen and oxygen atoms in total. The molecule has 0 spiro atoms. The minimum Gasteiger partial charge on any atom is -0.356 e. The molecular formula is C26H31FN6. The van der Waals surface area contributed by atoms with E-state index in [2.05, 4.69) is 32.8 Å². The molecule has 5 heterocycles. The third-order valence-electron chi connectivity index (χ3n) is 7.86. The fourth-order valence-electron chi connectivity index (χ4n) is 6.19. The van der Waals surface area contributed by atoms with Gasteiger partial charge in [0, 0.05) is 61.5 Å². The first-order valence-corrected chi connectivity index (χ1v) is 12.3. The van der Waals surface area contributed by atoms with Gasteiger partial charge in [0.1, 0.15) is 23.3 Å². The van der Waals surface area contributed by atoms with Crippen LogP contribution in [-0.2, 0) is 0 Å². The third kappa shape index (κ3) is 3.92. The number of fused-ring (bicyclic) bond motifs is 1. The highest BCUT2D eigenvalue weighted by molar-refractivity contribution is 5.63. The molecule has 3 aliphatic rings. The predicted molar refractivity (Wildman–Crippen MR) is 127 cm³/mol. The number of imidazole rings is 1. The zero-order valence-corrected chi connectivity index (χ0v) is 19.1. The van der Waals surface area contributed by atoms with Crippen molar-refractivity contribution < 1.29 is 4.39 Å². The topological polar surface area (TPSA) is 60.9 Å². The smallest absolute Gasteiger partial charge is 0.136 e. The maximum atomic E-state index is 13.6. The van der Waals surface area contributed by atoms with E-state index in [0.717, 1.165) is 61.2 Å². The highest BCUT2D eigenvalue weighted by atomic mass is 19.1. The molecule has 7 heteroatoms. The average Bonchev–Trinajstić information content (AvgIpc) is 3.57. The van der Waals surface area contributed by atoms with E-state index in [9.17, 15) is 4.39 Å². The average molecular weight is 447 g/mol. The number of aromatic amines is 1. The number of hydrogen-bond acceptors (Lipinski definition) is 5. The Morgan fingerprint density at radius 2 is 1.85 bits per heavy atom. The third-order valence-corrected chi connectivity index (χ3v) is 7.86. The standard InChI is InChI=1S/C26H31FN6/c1-17-16-33-12-2-3-22(33)24(17)26-30-21(18-4-6-20(27)7-5-18)15-23(31-26)32-13-8-19(9-14-32)25-28-10-11-29-25/h4-7,10-11,15,17,19,22,24H,2-3,8-9,12-14,16H2,1H3,(H,28,29). The van der Waals surface area contributed by atoms with E-state index in [4.69, 9.17) is 9.97 Å². The molecule has 172 valence electrons. The largest absolute Gasteiger partial charge is 0.356 e. The molecule has 6 rings (SSSR count). The van der Waals surface area contributed by atoms with Gasteiger partial charge in [0.05, 0.1) is 5.69 Å². The van der Waals surface area contributed by atoms with Crippen molar-refractivity contribution in [3.8, 4) is 11.3 Å². The molecule has 3 aliphatic heterocycles. The summed E-state index contributed by atoms with van der Waals surface area (Å²) in [5.41, 5.74) is 1.84. The SMILES string of the molecule is CC1CN2CCCC2C1c1nc(-c2ccc(F)cc2)cc(N2CCC(c3ncc[nH]3)CC2)n1. The summed E-state index contributed by atoms with van der Waals surface area (Å²) in [6.07, 6.45) is 8.33. The van der Waals surface area contributed by atoms with E-state index in [1.165, 1.54) is 31.5 Å². The van der Waals surface area contributed by atoms with Crippen molar-refractivity contribution in [3.63, 3.8) is 0 Å². The van der Waals surface area contributed by atoms with Gasteiger partial charge in [-0.25, -0.2) is 19.3 Å². The van der Waals surface area contributed by atoms with Gasteiger partial charge >= 0.3 is 0 Å². The van der Waals surface area contributed by atoms with Crippen molar-refractivity contribution in [2.45, 2.75) is 50.5 Å². The van der Waals surface area contributed by atoms with Gasteiger partial charge in [0.25, 0.3) is 0 Å². The molecule has 3 atom stereocenters. The second kappa shape index (κ2) is 8.52. The van der Waals surface area contributed by atoms with Crippen LogP contribution in [0.25, 0.3) is 11.3 Å². The Labute approximate surface area is 194 Å². The van der Waals surface area contributed by atoms with E-state index >= 15 is 0 Å². The number of anilines is 1. The highest BCUT2D eigenvalue weighted by Crippen LogP contribution is 2.43. The number of nitrogens with zero attached hydrogens (tertiary/aromatic N) is 5. The Morgan fingerprint density at radius 1 is 1.03 bits per heavy atom. The summed E-state index contributed by atoms with van der Waals surface area (Å²) in [6.45, 7) is 6.55. The predicted octanol–water partition coefficient (Wildman–Crippen LogP) is 4.59. The van der Waals surface area contributed by atoms with Gasteiger partial charge in [-0.1, -0.05) is 6.92 Å². The normalized spacial score (nSPS) is 26.1. The fraction of sp³-hybridized carbons (Fsp3) is 0.500. The summed E-state index contributed by atoms with van der Waals surface area (Å²) in [4.78, 5) is 23.0. The number of aromatic nitrogens is 4. The van der Waals surface area contributed by atoms with Gasteiger partial charge < -0.3 is 9.88 Å². The van der Waals surface area contributed by atoms with Crippen LogP contribution < -0.4 is 4.90 Å². The molecule has 0 saturated carbocycles. The molecule has 1 N–H and O–H groups in total. The summed E-state index contributed by atoms with van der Waals surface area (Å²) >= 11 is 0. The molecule has 0 radical (unpaired) electrons. The number of benzene rings is 1. The first kappa shape index (κ1) is 20.8. The molecule has 0 bridgehead atoms. The molecule has 3 unspecified atom stereocenters. The number of hydrogen-bond donors (Lipinski definition) is 1. The molecule has 0 aliphatic carbocycles. The lowest BCUT2D eigenvalue weighted by molar-refractivity contribution is 0.310. The van der Waals surface area contributed by atoms with Crippen LogP contribution in [0.15, 0.2) is 42.7 Å². The van der Waals surface area contributed by atoms with Crippen LogP contribution in [0.5, 0.6) is 0 Å². The van der Waals surface area contributed by atoms with Crippen LogP contribution in [0.3, 0.4) is 0 Å². The van der Waals surface area contributed by atoms with E-state index in [-0.39, 0.29) is 5.82 Å². The first-order chi connectivity index (χ1) is 16.2. The molecule has 33 heavy (non-hydrogen) atoms.